The van der Waals surface area contributed by atoms with E-state index < -0.39 is 18.6 Å². The van der Waals surface area contributed by atoms with E-state index in [4.69, 9.17) is 9.47 Å². The Balaban J connectivity index is 0.00000103. The summed E-state index contributed by atoms with van der Waals surface area (Å²) in [4.78, 5) is 45.8. The van der Waals surface area contributed by atoms with Crippen molar-refractivity contribution in [3.63, 3.8) is 0 Å². The molecule has 1 amide bonds. The molecule has 11 heteroatoms. The molecule has 1 N–H and O–H groups in total. The predicted octanol–water partition coefficient (Wildman–Crippen LogP) is 5.33. The maximum Gasteiger partial charge on any atom is 0.306 e. The fourth-order valence-corrected chi connectivity index (χ4v) is 7.61. The smallest absolute Gasteiger partial charge is 0.306 e. The normalized spacial score (nSPS) is 13.7. The van der Waals surface area contributed by atoms with Crippen molar-refractivity contribution in [2.24, 2.45) is 0 Å². The molecule has 1 atom stereocenters. The van der Waals surface area contributed by atoms with Gasteiger partial charge in [-0.05, 0) is 72.7 Å². The van der Waals surface area contributed by atoms with Gasteiger partial charge in [0.05, 0.1) is 25.3 Å². The fourth-order valence-electron chi connectivity index (χ4n) is 5.57. The quantitative estimate of drug-likeness (QED) is 0.152. The number of nitrogens with one attached hydrogen (secondary N) is 1. The number of anilines is 2. The highest BCUT2D eigenvalue weighted by atomic mass is 31.2. The lowest BCUT2D eigenvalue weighted by Crippen LogP contribution is -3.11. The Hall–Kier alpha value is -3.07. The van der Waals surface area contributed by atoms with E-state index in [2.05, 4.69) is 20.8 Å². The summed E-state index contributed by atoms with van der Waals surface area (Å²) in [6.45, 7) is 16.5. The molecule has 0 spiro atoms. The van der Waals surface area contributed by atoms with E-state index in [1.807, 2.05) is 95.2 Å². The van der Waals surface area contributed by atoms with Crippen LogP contribution in [0.4, 0.5) is 11.4 Å². The topological polar surface area (TPSA) is 107 Å². The van der Waals surface area contributed by atoms with Crippen LogP contribution in [0.5, 0.6) is 11.5 Å². The monoisotopic (exact) mass is 688 g/mol. The van der Waals surface area contributed by atoms with Gasteiger partial charge < -0.3 is 38.5 Å². The highest BCUT2D eigenvalue weighted by molar-refractivity contribution is 7.57. The second-order valence-electron chi connectivity index (χ2n) is 14.0. The zero-order valence-electron chi connectivity index (χ0n) is 31.4. The second-order valence-corrected chi connectivity index (χ2v) is 16.4. The van der Waals surface area contributed by atoms with E-state index in [0.29, 0.717) is 42.0 Å². The van der Waals surface area contributed by atoms with Gasteiger partial charge in [-0.3, -0.25) is 9.59 Å². The van der Waals surface area contributed by atoms with Crippen LogP contribution in [0.3, 0.4) is 0 Å². The van der Waals surface area contributed by atoms with Gasteiger partial charge in [0.2, 0.25) is 5.91 Å². The zero-order valence-corrected chi connectivity index (χ0v) is 32.2. The van der Waals surface area contributed by atoms with E-state index in [1.54, 1.807) is 16.8 Å². The summed E-state index contributed by atoms with van der Waals surface area (Å²) in [5.74, 6) is 0.581. The number of carbonyl (C=O) groups excluding carboxylic acids is 2. The SMILES string of the molecule is CC[NH+](CC)CC.CN(CCCCCC(=O)OC(C)(C)C)C(=O)CCP(=O)([O-])C1c2ccc(N(C)C)cc2Oc2cc(N(C)C)ccc21. The zero-order chi connectivity index (χ0) is 36.2. The molecule has 2 aromatic carbocycles. The molecule has 2 aromatic rings. The number of fused-ring (bicyclic) bond motifs is 2. The molecule has 3 rings (SSSR count). The van der Waals surface area contributed by atoms with E-state index >= 15 is 0 Å². The third-order valence-corrected chi connectivity index (χ3v) is 10.8. The van der Waals surface area contributed by atoms with Gasteiger partial charge in [0.1, 0.15) is 17.1 Å². The maximum atomic E-state index is 13.9. The number of esters is 1. The molecule has 0 saturated carbocycles. The summed E-state index contributed by atoms with van der Waals surface area (Å²) in [5, 5.41) is 0. The van der Waals surface area contributed by atoms with Crippen LogP contribution in [0.1, 0.15) is 90.4 Å². The largest absolute Gasteiger partial charge is 0.799 e. The Morgan fingerprint density at radius 3 is 1.75 bits per heavy atom. The number of amides is 1. The molecule has 48 heavy (non-hydrogen) atoms. The highest BCUT2D eigenvalue weighted by Gasteiger charge is 2.35. The summed E-state index contributed by atoms with van der Waals surface area (Å²) in [7, 11) is 5.24. The summed E-state index contributed by atoms with van der Waals surface area (Å²) < 4.78 is 25.4. The second kappa shape index (κ2) is 18.6. The first-order valence-corrected chi connectivity index (χ1v) is 19.2. The lowest BCUT2D eigenvalue weighted by molar-refractivity contribution is -0.894. The van der Waals surface area contributed by atoms with Crippen LogP contribution >= 0.6 is 7.37 Å². The van der Waals surface area contributed by atoms with Gasteiger partial charge in [0, 0.05) is 96.6 Å². The van der Waals surface area contributed by atoms with Crippen LogP contribution in [-0.4, -0.2) is 90.0 Å². The van der Waals surface area contributed by atoms with Crippen LogP contribution in [0.15, 0.2) is 36.4 Å². The van der Waals surface area contributed by atoms with Crippen molar-refractivity contribution in [3.05, 3.63) is 47.5 Å². The number of nitrogens with zero attached hydrogens (tertiary/aromatic N) is 3. The van der Waals surface area contributed by atoms with Gasteiger partial charge in [0.15, 0.2) is 0 Å². The number of hydrogen-bond acceptors (Lipinski definition) is 8. The van der Waals surface area contributed by atoms with Crippen LogP contribution in [-0.2, 0) is 18.9 Å². The predicted molar refractivity (Wildman–Crippen MR) is 195 cm³/mol. The minimum atomic E-state index is -4.12. The van der Waals surface area contributed by atoms with Gasteiger partial charge in [-0.15, -0.1) is 0 Å². The first-order valence-electron chi connectivity index (χ1n) is 17.3. The van der Waals surface area contributed by atoms with Crippen molar-refractivity contribution in [2.75, 3.05) is 77.4 Å². The number of benzene rings is 2. The summed E-state index contributed by atoms with van der Waals surface area (Å²) in [6.07, 6.45) is 2.18. The minimum Gasteiger partial charge on any atom is -0.799 e. The number of hydrogen-bond donors (Lipinski definition) is 1. The van der Waals surface area contributed by atoms with Crippen molar-refractivity contribution in [3.8, 4) is 11.5 Å². The van der Waals surface area contributed by atoms with Crippen molar-refractivity contribution in [1.82, 2.24) is 4.90 Å². The van der Waals surface area contributed by atoms with Crippen LogP contribution in [0.25, 0.3) is 0 Å². The minimum absolute atomic E-state index is 0.0945. The molecule has 1 aliphatic rings. The molecule has 0 aromatic heterocycles. The van der Waals surface area contributed by atoms with Gasteiger partial charge >= 0.3 is 5.97 Å². The molecule has 270 valence electrons. The van der Waals surface area contributed by atoms with Crippen LogP contribution < -0.4 is 24.3 Å². The highest BCUT2D eigenvalue weighted by Crippen LogP contribution is 2.62. The first-order chi connectivity index (χ1) is 22.4. The molecule has 10 nitrogen and oxygen atoms in total. The van der Waals surface area contributed by atoms with Crippen LogP contribution in [0.2, 0.25) is 0 Å². The molecule has 0 radical (unpaired) electrons. The number of quaternary nitrogens is 1. The number of ether oxygens (including phenoxy) is 2. The maximum absolute atomic E-state index is 13.9. The Morgan fingerprint density at radius 2 is 1.33 bits per heavy atom. The fraction of sp³-hybridized carbons (Fsp3) is 0.622. The molecule has 0 aliphatic carbocycles. The van der Waals surface area contributed by atoms with E-state index in [-0.39, 0.29) is 24.5 Å². The third-order valence-electron chi connectivity index (χ3n) is 8.59. The number of rotatable bonds is 15. The summed E-state index contributed by atoms with van der Waals surface area (Å²) >= 11 is 0. The molecule has 1 aliphatic heterocycles. The van der Waals surface area contributed by atoms with Gasteiger partial charge in [0.25, 0.3) is 0 Å². The molecule has 1 heterocycles. The lowest BCUT2D eigenvalue weighted by Gasteiger charge is -2.38. The van der Waals surface area contributed by atoms with E-state index in [0.717, 1.165) is 24.2 Å². The summed E-state index contributed by atoms with van der Waals surface area (Å²) in [5.41, 5.74) is 1.58. The average Bonchev–Trinajstić information content (AvgIpc) is 3.01. The van der Waals surface area contributed by atoms with Crippen molar-refractivity contribution in [2.45, 2.75) is 84.9 Å². The Labute approximate surface area is 289 Å². The lowest BCUT2D eigenvalue weighted by atomic mass is 9.98. The van der Waals surface area contributed by atoms with E-state index in [1.165, 1.54) is 19.6 Å². The molecule has 0 fully saturated rings. The Kier molecular flexibility index (Phi) is 15.9. The number of unbranched alkanes of at least 4 members (excludes halogenated alkanes) is 2. The molecule has 1 unspecified atom stereocenters. The van der Waals surface area contributed by atoms with Crippen molar-refractivity contribution in [1.29, 1.82) is 0 Å². The van der Waals surface area contributed by atoms with Crippen LogP contribution in [0, 0.1) is 0 Å². The Morgan fingerprint density at radius 1 is 0.833 bits per heavy atom. The number of carbonyl (C=O) groups is 2. The van der Waals surface area contributed by atoms with Crippen molar-refractivity contribution < 1.29 is 33.4 Å². The Bertz CT molecular complexity index is 1320. The van der Waals surface area contributed by atoms with Crippen molar-refractivity contribution >= 4 is 30.6 Å². The summed E-state index contributed by atoms with van der Waals surface area (Å²) in [6, 6.07) is 11.1. The first kappa shape index (κ1) is 41.1. The third kappa shape index (κ3) is 12.4. The van der Waals surface area contributed by atoms with Gasteiger partial charge in [-0.25, -0.2) is 0 Å². The van der Waals surface area contributed by atoms with E-state index in [9.17, 15) is 19.0 Å². The molecule has 0 saturated heterocycles. The average molecular weight is 689 g/mol. The van der Waals surface area contributed by atoms with Gasteiger partial charge in [-0.1, -0.05) is 18.6 Å². The molecular formula is C37H61N4O6P. The van der Waals surface area contributed by atoms with Gasteiger partial charge in [-0.2, -0.15) is 0 Å². The molecule has 0 bridgehead atoms. The standard InChI is InChI=1S/C31H46N3O6P.C6H15N/c1-31(2,3)40-29(36)12-10-9-11-18-34(8)28(35)17-19-41(37,38)30-24-15-13-22(32(4)5)20-26(24)39-27-21-23(33(6)7)14-16-25(27)30;1-4-7(5-2)6-3/h13-16,20-21,30H,9-12,17-19H2,1-8H3,(H,37,38);4-6H2,1-3H3. The molecular weight excluding hydrogens is 627 g/mol.